The van der Waals surface area contributed by atoms with Gasteiger partial charge in [-0.25, -0.2) is 0 Å². The zero-order valence-corrected chi connectivity index (χ0v) is 15.9. The molecule has 0 unspecified atom stereocenters. The van der Waals surface area contributed by atoms with Gasteiger partial charge in [-0.3, -0.25) is 0 Å². The second-order valence-corrected chi connectivity index (χ2v) is 7.52. The Morgan fingerprint density at radius 2 is 1.53 bits per heavy atom. The van der Waals surface area contributed by atoms with E-state index < -0.39 is 73.9 Å². The van der Waals surface area contributed by atoms with Crippen molar-refractivity contribution in [1.29, 1.82) is 0 Å². The molecule has 0 radical (unpaired) electrons. The molecular formula is C18H27NO11. The highest BCUT2D eigenvalue weighted by atomic mass is 16.7. The van der Waals surface area contributed by atoms with Crippen molar-refractivity contribution in [1.82, 2.24) is 0 Å². The summed E-state index contributed by atoms with van der Waals surface area (Å²) in [7, 11) is 0. The van der Waals surface area contributed by atoms with Crippen LogP contribution in [0, 0.1) is 0 Å². The standard InChI is InChI=1S/C18H27NO11/c19-8-1-3-9(4-2-8)29-16-15(25)18(27,13(23)11(6-21)30-16)17(26)7-28-10(5-20)12(22)14(17)24/h1-4,10-16,20-27H,5-7,19H2/t10-,11-,12+,13+,14+,15+,16+,17-,18+/m1/s1. The SMILES string of the molecule is Nc1ccc(O[C@H]2O[C@H](CO)[C@H](O)[C@@](O)([C@@]3(O)CO[C@H](CO)[C@H](O)[C@@H]3O)[C@H]2O)cc1. The van der Waals surface area contributed by atoms with Crippen molar-refractivity contribution in [3.8, 4) is 5.75 Å². The fourth-order valence-electron chi connectivity index (χ4n) is 3.83. The maximum Gasteiger partial charge on any atom is 0.229 e. The lowest BCUT2D eigenvalue weighted by atomic mass is 9.66. The van der Waals surface area contributed by atoms with Gasteiger partial charge in [-0.2, -0.15) is 0 Å². The molecule has 0 aliphatic carbocycles. The quantitative estimate of drug-likeness (QED) is 0.201. The van der Waals surface area contributed by atoms with Crippen molar-refractivity contribution < 1.29 is 55.1 Å². The van der Waals surface area contributed by atoms with E-state index in [2.05, 4.69) is 0 Å². The molecule has 12 heteroatoms. The highest BCUT2D eigenvalue weighted by Gasteiger charge is 2.70. The van der Waals surface area contributed by atoms with Crippen molar-refractivity contribution in [3.63, 3.8) is 0 Å². The van der Waals surface area contributed by atoms with Crippen LogP contribution in [-0.2, 0) is 9.47 Å². The van der Waals surface area contributed by atoms with E-state index in [9.17, 15) is 40.9 Å². The zero-order valence-electron chi connectivity index (χ0n) is 15.9. The lowest BCUT2D eigenvalue weighted by Gasteiger charge is -2.57. The summed E-state index contributed by atoms with van der Waals surface area (Å²) in [6, 6.07) is 5.86. The second kappa shape index (κ2) is 8.51. The minimum Gasteiger partial charge on any atom is -0.462 e. The van der Waals surface area contributed by atoms with Crippen LogP contribution >= 0.6 is 0 Å². The Morgan fingerprint density at radius 3 is 2.10 bits per heavy atom. The molecule has 2 saturated heterocycles. The summed E-state index contributed by atoms with van der Waals surface area (Å²) in [5.41, 5.74) is 0.230. The molecule has 2 aliphatic heterocycles. The Balaban J connectivity index is 1.96. The predicted octanol–water partition coefficient (Wildman–Crippen LogP) is -4.34. The number of aliphatic hydroxyl groups is 8. The lowest BCUT2D eigenvalue weighted by Crippen LogP contribution is -2.83. The second-order valence-electron chi connectivity index (χ2n) is 7.52. The zero-order chi connectivity index (χ0) is 22.3. The van der Waals surface area contributed by atoms with E-state index >= 15 is 0 Å². The molecule has 0 saturated carbocycles. The first-order valence-corrected chi connectivity index (χ1v) is 9.28. The number of benzene rings is 1. The number of nitrogens with two attached hydrogens (primary N) is 1. The molecule has 170 valence electrons. The van der Waals surface area contributed by atoms with E-state index in [1.807, 2.05) is 0 Å². The third-order valence-corrected chi connectivity index (χ3v) is 5.72. The molecule has 0 spiro atoms. The van der Waals surface area contributed by atoms with E-state index in [0.717, 1.165) is 0 Å². The molecular weight excluding hydrogens is 406 g/mol. The molecule has 1 aromatic carbocycles. The van der Waals surface area contributed by atoms with E-state index in [1.165, 1.54) is 24.3 Å². The van der Waals surface area contributed by atoms with Gasteiger partial charge in [0.15, 0.2) is 17.3 Å². The molecule has 3 rings (SSSR count). The lowest BCUT2D eigenvalue weighted by molar-refractivity contribution is -0.384. The van der Waals surface area contributed by atoms with Crippen LogP contribution in [-0.4, -0.2) is 115 Å². The van der Waals surface area contributed by atoms with Gasteiger partial charge in [0.05, 0.1) is 19.8 Å². The van der Waals surface area contributed by atoms with Crippen LogP contribution in [0.1, 0.15) is 0 Å². The van der Waals surface area contributed by atoms with Crippen LogP contribution in [0.3, 0.4) is 0 Å². The van der Waals surface area contributed by atoms with Crippen LogP contribution in [0.25, 0.3) is 0 Å². The summed E-state index contributed by atoms with van der Waals surface area (Å²) in [5, 5.41) is 83.2. The largest absolute Gasteiger partial charge is 0.462 e. The van der Waals surface area contributed by atoms with Crippen molar-refractivity contribution in [2.45, 2.75) is 54.1 Å². The Morgan fingerprint density at radius 1 is 0.933 bits per heavy atom. The molecule has 2 fully saturated rings. The summed E-state index contributed by atoms with van der Waals surface area (Å²) in [5.74, 6) is 0.150. The number of hydrogen-bond donors (Lipinski definition) is 9. The van der Waals surface area contributed by atoms with Gasteiger partial charge in [-0.1, -0.05) is 0 Å². The summed E-state index contributed by atoms with van der Waals surface area (Å²) in [6.07, 6.45) is -12.8. The van der Waals surface area contributed by atoms with Crippen LogP contribution in [0.4, 0.5) is 5.69 Å². The van der Waals surface area contributed by atoms with E-state index in [4.69, 9.17) is 19.9 Å². The van der Waals surface area contributed by atoms with Gasteiger partial charge in [-0.15, -0.1) is 0 Å². The van der Waals surface area contributed by atoms with Crippen molar-refractivity contribution in [3.05, 3.63) is 24.3 Å². The van der Waals surface area contributed by atoms with E-state index in [-0.39, 0.29) is 5.75 Å². The van der Waals surface area contributed by atoms with Gasteiger partial charge in [0.1, 0.15) is 36.3 Å². The summed E-state index contributed by atoms with van der Waals surface area (Å²) in [4.78, 5) is 0. The molecule has 2 aliphatic rings. The normalized spacial score (nSPS) is 44.6. The van der Waals surface area contributed by atoms with Crippen molar-refractivity contribution in [2.75, 3.05) is 25.6 Å². The third-order valence-electron chi connectivity index (χ3n) is 5.72. The molecule has 12 nitrogen and oxygen atoms in total. The minimum absolute atomic E-state index is 0.150. The van der Waals surface area contributed by atoms with Gasteiger partial charge < -0.3 is 60.8 Å². The van der Waals surface area contributed by atoms with Crippen molar-refractivity contribution in [2.24, 2.45) is 0 Å². The maximum atomic E-state index is 11.3. The molecule has 9 atom stereocenters. The first kappa shape index (κ1) is 23.1. The number of rotatable bonds is 5. The number of nitrogen functional groups attached to an aromatic ring is 1. The third kappa shape index (κ3) is 3.54. The fourth-order valence-corrected chi connectivity index (χ4v) is 3.83. The van der Waals surface area contributed by atoms with E-state index in [0.29, 0.717) is 5.69 Å². The van der Waals surface area contributed by atoms with Gasteiger partial charge in [-0.05, 0) is 24.3 Å². The van der Waals surface area contributed by atoms with Crippen molar-refractivity contribution >= 4 is 5.69 Å². The number of anilines is 1. The van der Waals surface area contributed by atoms with Crippen LogP contribution < -0.4 is 10.5 Å². The first-order valence-electron chi connectivity index (χ1n) is 9.28. The molecule has 0 amide bonds. The number of hydrogen-bond acceptors (Lipinski definition) is 12. The van der Waals surface area contributed by atoms with Gasteiger partial charge in [0, 0.05) is 5.69 Å². The molecule has 10 N–H and O–H groups in total. The molecule has 0 bridgehead atoms. The van der Waals surface area contributed by atoms with Gasteiger partial charge in [0.25, 0.3) is 0 Å². The smallest absolute Gasteiger partial charge is 0.229 e. The van der Waals surface area contributed by atoms with Crippen LogP contribution in [0.15, 0.2) is 24.3 Å². The average molecular weight is 433 g/mol. The monoisotopic (exact) mass is 433 g/mol. The highest BCUT2D eigenvalue weighted by Crippen LogP contribution is 2.43. The topological polar surface area (TPSA) is 216 Å². The first-order chi connectivity index (χ1) is 14.1. The Hall–Kier alpha value is -1.58. The highest BCUT2D eigenvalue weighted by molar-refractivity contribution is 5.41. The summed E-state index contributed by atoms with van der Waals surface area (Å²) >= 11 is 0. The molecule has 1 aromatic rings. The van der Waals surface area contributed by atoms with Gasteiger partial charge in [0.2, 0.25) is 6.29 Å². The number of ether oxygens (including phenoxy) is 3. The summed E-state index contributed by atoms with van der Waals surface area (Å²) in [6.45, 7) is -2.40. The molecule has 30 heavy (non-hydrogen) atoms. The molecule has 0 aromatic heterocycles. The Kier molecular flexibility index (Phi) is 6.55. The Labute approximate surface area is 171 Å². The average Bonchev–Trinajstić information content (AvgIpc) is 2.74. The minimum atomic E-state index is -2.97. The maximum absolute atomic E-state index is 11.3. The van der Waals surface area contributed by atoms with Crippen LogP contribution in [0.2, 0.25) is 0 Å². The van der Waals surface area contributed by atoms with Gasteiger partial charge >= 0.3 is 0 Å². The number of aliphatic hydroxyl groups excluding tert-OH is 6. The predicted molar refractivity (Wildman–Crippen MR) is 98.0 cm³/mol. The molecule has 2 heterocycles. The summed E-state index contributed by atoms with van der Waals surface area (Å²) < 4.78 is 15.9. The Bertz CT molecular complexity index is 721. The van der Waals surface area contributed by atoms with E-state index in [1.54, 1.807) is 0 Å². The van der Waals surface area contributed by atoms with Crippen LogP contribution in [0.5, 0.6) is 5.75 Å². The fraction of sp³-hybridized carbons (Fsp3) is 0.667.